The van der Waals surface area contributed by atoms with Crippen molar-refractivity contribution in [2.75, 3.05) is 46.2 Å². The molecule has 0 saturated carbocycles. The van der Waals surface area contributed by atoms with Crippen molar-refractivity contribution in [1.29, 1.82) is 0 Å². The molecule has 0 aromatic carbocycles. The Balaban J connectivity index is 5.58. The molecule has 13 nitrogen and oxygen atoms in total. The van der Waals surface area contributed by atoms with Crippen molar-refractivity contribution in [3.8, 4) is 0 Å². The summed E-state index contributed by atoms with van der Waals surface area (Å²) in [6.45, 7) is 12.6. The van der Waals surface area contributed by atoms with Crippen LogP contribution in [0.5, 0.6) is 0 Å². The first-order valence-corrected chi connectivity index (χ1v) is 14.6. The lowest BCUT2D eigenvalue weighted by atomic mass is 10.2. The summed E-state index contributed by atoms with van der Waals surface area (Å²) in [5, 5.41) is 6.10. The summed E-state index contributed by atoms with van der Waals surface area (Å²) in [6.07, 6.45) is -0.796. The molecular formula is C23H45N5O8S2. The molecule has 2 amide bonds. The minimum atomic E-state index is -1.05. The molecule has 0 aliphatic carbocycles. The van der Waals surface area contributed by atoms with E-state index < -0.39 is 47.4 Å². The zero-order valence-electron chi connectivity index (χ0n) is 24.4. The highest BCUT2D eigenvalue weighted by atomic mass is 33.1. The molecule has 2 N–H and O–H groups in total. The zero-order chi connectivity index (χ0) is 29.7. The maximum atomic E-state index is 12.9. The molecule has 0 saturated heterocycles. The highest BCUT2D eigenvalue weighted by Crippen LogP contribution is 2.26. The normalized spacial score (nSPS) is 13.5. The highest BCUT2D eigenvalue weighted by molar-refractivity contribution is 8.76. The smallest absolute Gasteiger partial charge is 0.425 e. The molecule has 0 heterocycles. The van der Waals surface area contributed by atoms with Crippen molar-refractivity contribution in [3.63, 3.8) is 0 Å². The summed E-state index contributed by atoms with van der Waals surface area (Å²) < 4.78 is 10.7. The molecule has 0 bridgehead atoms. The van der Waals surface area contributed by atoms with Crippen LogP contribution in [-0.4, -0.2) is 109 Å². The van der Waals surface area contributed by atoms with Gasteiger partial charge in [0.25, 0.3) is 0 Å². The van der Waals surface area contributed by atoms with Gasteiger partial charge in [-0.3, -0.25) is 0 Å². The Kier molecular flexibility index (Phi) is 16.0. The fraction of sp³-hybridized carbons (Fsp3) is 0.826. The molecule has 0 radical (unpaired) electrons. The molecule has 0 aliphatic heterocycles. The second kappa shape index (κ2) is 16.9. The summed E-state index contributed by atoms with van der Waals surface area (Å²) in [6, 6.07) is -2.08. The molecule has 0 fully saturated rings. The lowest BCUT2D eigenvalue weighted by molar-refractivity contribution is -0.184. The van der Waals surface area contributed by atoms with Gasteiger partial charge in [-0.25, -0.2) is 29.6 Å². The fourth-order valence-electron chi connectivity index (χ4n) is 2.42. The topological polar surface area (TPSA) is 139 Å². The number of carbonyl (C=O) groups excluding carboxylic acids is 4. The third-order valence-electron chi connectivity index (χ3n) is 3.77. The number of hydrogen-bond donors (Lipinski definition) is 2. The van der Waals surface area contributed by atoms with Gasteiger partial charge in [0.2, 0.25) is 0 Å². The molecule has 0 rings (SSSR count). The number of hydrazine groups is 1. The number of hydroxylamine groups is 4. The van der Waals surface area contributed by atoms with E-state index in [1.54, 1.807) is 69.7 Å². The second-order valence-electron chi connectivity index (χ2n) is 10.5. The Morgan fingerprint density at radius 3 is 1.76 bits per heavy atom. The monoisotopic (exact) mass is 583 g/mol. The van der Waals surface area contributed by atoms with Gasteiger partial charge in [-0.15, -0.1) is 10.1 Å². The standard InChI is InChI=1S/C23H45N5O8S2/c1-12-13-24-28(21(32)34-23(5,6)7)17(19(30)36-27(10)11)15-38-37-14-16(18(29)35-26(8)9)25-20(31)33-22(2,3)4/h16-17,24H,12-15H2,1-11H3,(H,25,31)/t16?,17-/m0/s1. The molecule has 2 atom stereocenters. The van der Waals surface area contributed by atoms with Gasteiger partial charge in [0.1, 0.15) is 17.2 Å². The third kappa shape index (κ3) is 16.8. The predicted octanol–water partition coefficient (Wildman–Crippen LogP) is 2.82. The van der Waals surface area contributed by atoms with E-state index in [1.165, 1.54) is 31.7 Å². The van der Waals surface area contributed by atoms with Gasteiger partial charge in [0.05, 0.1) is 0 Å². The number of carbonyl (C=O) groups is 4. The van der Waals surface area contributed by atoms with E-state index in [9.17, 15) is 19.2 Å². The van der Waals surface area contributed by atoms with Crippen LogP contribution in [0.25, 0.3) is 0 Å². The maximum absolute atomic E-state index is 12.9. The Labute approximate surface area is 234 Å². The molecule has 0 aliphatic rings. The number of rotatable bonds is 14. The van der Waals surface area contributed by atoms with Crippen molar-refractivity contribution in [3.05, 3.63) is 0 Å². The van der Waals surface area contributed by atoms with Crippen LogP contribution < -0.4 is 10.7 Å². The van der Waals surface area contributed by atoms with Crippen LogP contribution in [-0.2, 0) is 28.7 Å². The molecule has 222 valence electrons. The summed E-state index contributed by atoms with van der Waals surface area (Å²) in [7, 11) is 8.61. The first-order chi connectivity index (χ1) is 17.4. The van der Waals surface area contributed by atoms with Gasteiger partial charge in [0, 0.05) is 46.2 Å². The molecule has 38 heavy (non-hydrogen) atoms. The van der Waals surface area contributed by atoms with Crippen LogP contribution in [0.15, 0.2) is 0 Å². The number of amides is 2. The van der Waals surface area contributed by atoms with Gasteiger partial charge in [-0.05, 0) is 48.0 Å². The second-order valence-corrected chi connectivity index (χ2v) is 13.0. The molecule has 15 heteroatoms. The first-order valence-electron chi connectivity index (χ1n) is 12.1. The van der Waals surface area contributed by atoms with Crippen molar-refractivity contribution in [2.45, 2.75) is 78.2 Å². The summed E-state index contributed by atoms with van der Waals surface area (Å²) in [5.74, 6) is -1.17. The van der Waals surface area contributed by atoms with Crippen LogP contribution >= 0.6 is 21.6 Å². The Hall–Kier alpha value is -1.94. The summed E-state index contributed by atoms with van der Waals surface area (Å²) in [4.78, 5) is 61.0. The fourth-order valence-corrected chi connectivity index (χ4v) is 4.76. The largest absolute Gasteiger partial charge is 0.444 e. The van der Waals surface area contributed by atoms with E-state index in [0.29, 0.717) is 13.0 Å². The maximum Gasteiger partial charge on any atom is 0.425 e. The van der Waals surface area contributed by atoms with Crippen LogP contribution in [0.4, 0.5) is 9.59 Å². The minimum absolute atomic E-state index is 0.0924. The molecule has 0 aromatic rings. The Morgan fingerprint density at radius 2 is 1.29 bits per heavy atom. The van der Waals surface area contributed by atoms with Crippen molar-refractivity contribution in [2.24, 2.45) is 0 Å². The number of ether oxygens (including phenoxy) is 2. The van der Waals surface area contributed by atoms with Gasteiger partial charge in [-0.2, -0.15) is 0 Å². The minimum Gasteiger partial charge on any atom is -0.444 e. The van der Waals surface area contributed by atoms with Crippen LogP contribution in [0.1, 0.15) is 54.9 Å². The van der Waals surface area contributed by atoms with E-state index >= 15 is 0 Å². The Morgan fingerprint density at radius 1 is 0.789 bits per heavy atom. The van der Waals surface area contributed by atoms with Gasteiger partial charge in [0.15, 0.2) is 6.04 Å². The van der Waals surface area contributed by atoms with E-state index in [1.807, 2.05) is 6.92 Å². The average molecular weight is 584 g/mol. The molecule has 0 spiro atoms. The zero-order valence-corrected chi connectivity index (χ0v) is 26.0. The van der Waals surface area contributed by atoms with E-state index in [2.05, 4.69) is 10.7 Å². The molecule has 1 unspecified atom stereocenters. The highest BCUT2D eigenvalue weighted by Gasteiger charge is 2.35. The lowest BCUT2D eigenvalue weighted by Gasteiger charge is -2.32. The summed E-state index contributed by atoms with van der Waals surface area (Å²) in [5.41, 5.74) is 1.41. The SMILES string of the molecule is CCCNN(C(=O)OC(C)(C)C)[C@@H](CSSCC(NC(=O)OC(C)(C)C)C(=O)ON(C)C)C(=O)ON(C)C. The average Bonchev–Trinajstić information content (AvgIpc) is 2.70. The van der Waals surface area contributed by atoms with Crippen molar-refractivity contribution >= 4 is 45.7 Å². The Bertz CT molecular complexity index is 772. The van der Waals surface area contributed by atoms with Crippen LogP contribution in [0.3, 0.4) is 0 Å². The quantitative estimate of drug-likeness (QED) is 0.176. The molecule has 0 aromatic heterocycles. The van der Waals surface area contributed by atoms with Crippen molar-refractivity contribution in [1.82, 2.24) is 25.9 Å². The van der Waals surface area contributed by atoms with Crippen molar-refractivity contribution < 1.29 is 38.3 Å². The van der Waals surface area contributed by atoms with E-state index in [-0.39, 0.29) is 11.5 Å². The summed E-state index contributed by atoms with van der Waals surface area (Å²) >= 11 is 0. The first kappa shape index (κ1) is 36.1. The number of nitrogens with zero attached hydrogens (tertiary/aromatic N) is 3. The third-order valence-corrected chi connectivity index (χ3v) is 6.18. The molecular weight excluding hydrogens is 538 g/mol. The van der Waals surface area contributed by atoms with E-state index in [0.717, 1.165) is 5.01 Å². The lowest BCUT2D eigenvalue weighted by Crippen LogP contribution is -2.56. The van der Waals surface area contributed by atoms with E-state index in [4.69, 9.17) is 19.1 Å². The van der Waals surface area contributed by atoms with Crippen LogP contribution in [0, 0.1) is 0 Å². The van der Waals surface area contributed by atoms with Gasteiger partial charge in [-0.1, -0.05) is 28.5 Å². The predicted molar refractivity (Wildman–Crippen MR) is 148 cm³/mol. The van der Waals surface area contributed by atoms with Gasteiger partial charge >= 0.3 is 24.1 Å². The van der Waals surface area contributed by atoms with Gasteiger partial charge < -0.3 is 24.5 Å². The number of hydrogen-bond acceptors (Lipinski definition) is 13. The van der Waals surface area contributed by atoms with Crippen LogP contribution in [0.2, 0.25) is 0 Å². The number of alkyl carbamates (subject to hydrolysis) is 1. The number of nitrogens with one attached hydrogen (secondary N) is 2.